The topological polar surface area (TPSA) is 121 Å². The van der Waals surface area contributed by atoms with Crippen LogP contribution >= 0.6 is 15.9 Å². The molecule has 3 unspecified atom stereocenters. The van der Waals surface area contributed by atoms with Crippen LogP contribution < -0.4 is 0 Å². The van der Waals surface area contributed by atoms with Crippen LogP contribution in [0.4, 0.5) is 0 Å². The predicted molar refractivity (Wildman–Crippen MR) is 160 cm³/mol. The second-order valence-electron chi connectivity index (χ2n) is 12.0. The van der Waals surface area contributed by atoms with Crippen LogP contribution in [0.1, 0.15) is 26.7 Å². The summed E-state index contributed by atoms with van der Waals surface area (Å²) in [5.41, 5.74) is 0.218. The van der Waals surface area contributed by atoms with Crippen molar-refractivity contribution < 1.29 is 24.2 Å². The number of aliphatic hydroxyl groups is 1. The highest BCUT2D eigenvalue weighted by Gasteiger charge is 2.77. The first-order valence-electron chi connectivity index (χ1n) is 14.4. The molecule has 3 aliphatic heterocycles. The minimum atomic E-state index is -1.24. The lowest BCUT2D eigenvalue weighted by Gasteiger charge is -2.39. The number of hydrogen-bond donors (Lipinski definition) is 1. The molecule has 0 radical (unpaired) electrons. The van der Waals surface area contributed by atoms with Gasteiger partial charge in [-0.3, -0.25) is 14.4 Å². The summed E-state index contributed by atoms with van der Waals surface area (Å²) in [5, 5.41) is 19.0. The van der Waals surface area contributed by atoms with Crippen LogP contribution in [0.2, 0.25) is 0 Å². The first-order chi connectivity index (χ1) is 20.1. The van der Waals surface area contributed by atoms with Gasteiger partial charge in [-0.2, -0.15) is 0 Å². The summed E-state index contributed by atoms with van der Waals surface area (Å²) in [6, 6.07) is 5.80. The number of halogens is 1. The van der Waals surface area contributed by atoms with E-state index in [1.807, 2.05) is 38.1 Å². The van der Waals surface area contributed by atoms with Gasteiger partial charge in [0.25, 0.3) is 0 Å². The maximum absolute atomic E-state index is 14.7. The molecule has 1 spiro atoms. The number of fused-ring (bicyclic) bond motifs is 2. The van der Waals surface area contributed by atoms with Crippen molar-refractivity contribution in [1.29, 1.82) is 0 Å². The maximum atomic E-state index is 14.7. The summed E-state index contributed by atoms with van der Waals surface area (Å²) in [4.78, 5) is 47.4. The van der Waals surface area contributed by atoms with Crippen LogP contribution in [0, 0.1) is 17.8 Å². The number of aromatic nitrogens is 3. The minimum absolute atomic E-state index is 0.0736. The zero-order valence-corrected chi connectivity index (χ0v) is 25.9. The summed E-state index contributed by atoms with van der Waals surface area (Å²) >= 11 is 3.72. The number of alkyl halides is 1. The van der Waals surface area contributed by atoms with Crippen LogP contribution in [0.15, 0.2) is 49.6 Å². The molecule has 11 nitrogen and oxygen atoms in total. The lowest BCUT2D eigenvalue weighted by Crippen LogP contribution is -2.59. The molecule has 12 heteroatoms. The number of carbonyl (C=O) groups excluding carboxylic acids is 3. The molecular weight excluding hydrogens is 604 g/mol. The van der Waals surface area contributed by atoms with Gasteiger partial charge in [-0.05, 0) is 30.9 Å². The van der Waals surface area contributed by atoms with E-state index in [0.29, 0.717) is 24.9 Å². The van der Waals surface area contributed by atoms with Crippen molar-refractivity contribution in [3.8, 4) is 0 Å². The van der Waals surface area contributed by atoms with Crippen molar-refractivity contribution in [2.24, 2.45) is 17.8 Å². The van der Waals surface area contributed by atoms with E-state index in [2.05, 4.69) is 39.4 Å². The Balaban J connectivity index is 1.59. The zero-order chi connectivity index (χ0) is 30.3. The van der Waals surface area contributed by atoms with Crippen molar-refractivity contribution in [2.75, 3.05) is 26.7 Å². The van der Waals surface area contributed by atoms with Gasteiger partial charge >= 0.3 is 0 Å². The number of ether oxygens (including phenoxy) is 1. The number of benzene rings is 1. The second-order valence-corrected chi connectivity index (χ2v) is 13.1. The van der Waals surface area contributed by atoms with Gasteiger partial charge < -0.3 is 24.5 Å². The van der Waals surface area contributed by atoms with E-state index in [-0.39, 0.29) is 48.3 Å². The van der Waals surface area contributed by atoms with E-state index < -0.39 is 35.6 Å². The Hall–Kier alpha value is -3.09. The van der Waals surface area contributed by atoms with Crippen LogP contribution in [0.3, 0.4) is 0 Å². The first kappa shape index (κ1) is 30.4. The SMILES string of the molecule is C=CCN(C)C(=O)[C@H]1[C@H]2C(=O)N([C@@H](CO)CC(C)C)C(C(=O)N(CC=C)Cn3nnc4ccccc43)C23CC(Br)[C@@H]1O3. The monoisotopic (exact) mass is 642 g/mol. The standard InChI is InChI=1S/C30H39BrN6O5/c1-6-12-34(5)27(39)23-24-28(40)37(19(16-38)14-18(3)4)26(30(24)15-20(31)25(23)42-30)29(41)35(13-7-2)17-36-22-11-9-8-10-21(22)32-33-36/h6-11,18-20,23-26,38H,1-2,12-17H2,3-5H3/t19-,20?,23+,24+,25+,26?,30?/m1/s1. The van der Waals surface area contributed by atoms with Crippen molar-refractivity contribution in [3.05, 3.63) is 49.6 Å². The Morgan fingerprint density at radius 2 is 1.95 bits per heavy atom. The highest BCUT2D eigenvalue weighted by atomic mass is 79.9. The fraction of sp³-hybridized carbons (Fsp3) is 0.567. The Morgan fingerprint density at radius 3 is 2.62 bits per heavy atom. The molecule has 3 aliphatic rings. The molecule has 5 rings (SSSR count). The number of para-hydroxylation sites is 1. The lowest BCUT2D eigenvalue weighted by molar-refractivity contribution is -0.153. The Labute approximate surface area is 254 Å². The van der Waals surface area contributed by atoms with E-state index in [4.69, 9.17) is 4.74 Å². The molecule has 7 atom stereocenters. The number of amides is 3. The summed E-state index contributed by atoms with van der Waals surface area (Å²) in [5.74, 6) is -2.38. The molecule has 0 saturated carbocycles. The molecule has 4 heterocycles. The number of likely N-dealkylation sites (tertiary alicyclic amines) is 1. The molecule has 3 amide bonds. The number of hydrogen-bond acceptors (Lipinski definition) is 7. The van der Waals surface area contributed by atoms with Crippen LogP contribution in [-0.4, -0.2) is 108 Å². The van der Waals surface area contributed by atoms with E-state index in [0.717, 1.165) is 5.52 Å². The number of aliphatic hydroxyl groups excluding tert-OH is 1. The molecule has 1 aromatic heterocycles. The van der Waals surface area contributed by atoms with Crippen molar-refractivity contribution in [3.63, 3.8) is 0 Å². The molecule has 2 aromatic rings. The van der Waals surface area contributed by atoms with Crippen LogP contribution in [-0.2, 0) is 25.8 Å². The number of nitrogens with zero attached hydrogens (tertiary/aromatic N) is 6. The number of rotatable bonds is 12. The van der Waals surface area contributed by atoms with Crippen molar-refractivity contribution in [2.45, 2.75) is 62.0 Å². The van der Waals surface area contributed by atoms with E-state index in [9.17, 15) is 19.5 Å². The summed E-state index contributed by atoms with van der Waals surface area (Å²) < 4.78 is 8.29. The lowest BCUT2D eigenvalue weighted by atomic mass is 9.70. The number of carbonyl (C=O) groups is 3. The van der Waals surface area contributed by atoms with Crippen LogP contribution in [0.5, 0.6) is 0 Å². The molecule has 2 bridgehead atoms. The van der Waals surface area contributed by atoms with Gasteiger partial charge in [-0.15, -0.1) is 18.3 Å². The molecule has 1 aromatic carbocycles. The highest BCUT2D eigenvalue weighted by Crippen LogP contribution is 2.61. The molecule has 42 heavy (non-hydrogen) atoms. The summed E-state index contributed by atoms with van der Waals surface area (Å²) in [7, 11) is 1.68. The van der Waals surface area contributed by atoms with Gasteiger partial charge in [0, 0.05) is 25.0 Å². The molecule has 3 fully saturated rings. The third-order valence-corrected chi connectivity index (χ3v) is 9.60. The van der Waals surface area contributed by atoms with Gasteiger partial charge in [-0.1, -0.05) is 59.3 Å². The highest BCUT2D eigenvalue weighted by molar-refractivity contribution is 9.09. The fourth-order valence-electron chi connectivity index (χ4n) is 7.11. The Kier molecular flexibility index (Phi) is 8.60. The van der Waals surface area contributed by atoms with Crippen molar-refractivity contribution in [1.82, 2.24) is 29.7 Å². The third kappa shape index (κ3) is 4.87. The summed E-state index contributed by atoms with van der Waals surface area (Å²) in [6.45, 7) is 11.9. The predicted octanol–water partition coefficient (Wildman–Crippen LogP) is 2.20. The number of likely N-dealkylation sites (N-methyl/N-ethyl adjacent to an activating group) is 1. The smallest absolute Gasteiger partial charge is 0.250 e. The van der Waals surface area contributed by atoms with Crippen LogP contribution in [0.25, 0.3) is 11.0 Å². The molecule has 226 valence electrons. The molecule has 1 N–H and O–H groups in total. The average Bonchev–Trinajstić information content (AvgIpc) is 3.68. The largest absolute Gasteiger partial charge is 0.394 e. The molecule has 0 aliphatic carbocycles. The average molecular weight is 644 g/mol. The Morgan fingerprint density at radius 1 is 1.24 bits per heavy atom. The molecule has 3 saturated heterocycles. The first-order valence-corrected chi connectivity index (χ1v) is 15.3. The second kappa shape index (κ2) is 11.9. The van der Waals surface area contributed by atoms with E-state index in [1.54, 1.807) is 33.7 Å². The molecular formula is C30H39BrN6O5. The van der Waals surface area contributed by atoms with E-state index in [1.165, 1.54) is 4.90 Å². The maximum Gasteiger partial charge on any atom is 0.250 e. The van der Waals surface area contributed by atoms with Gasteiger partial charge in [0.2, 0.25) is 17.7 Å². The van der Waals surface area contributed by atoms with Crippen molar-refractivity contribution >= 4 is 44.7 Å². The normalized spacial score (nSPS) is 28.8. The van der Waals surface area contributed by atoms with E-state index >= 15 is 0 Å². The zero-order valence-electron chi connectivity index (χ0n) is 24.3. The van der Waals surface area contributed by atoms with Gasteiger partial charge in [0.15, 0.2) is 0 Å². The van der Waals surface area contributed by atoms with Gasteiger partial charge in [0.1, 0.15) is 23.8 Å². The third-order valence-electron chi connectivity index (χ3n) is 8.76. The Bertz CT molecular complexity index is 1380. The fourth-order valence-corrected chi connectivity index (χ4v) is 8.05. The van der Waals surface area contributed by atoms with Gasteiger partial charge in [-0.25, -0.2) is 4.68 Å². The van der Waals surface area contributed by atoms with Gasteiger partial charge in [0.05, 0.1) is 36.1 Å². The minimum Gasteiger partial charge on any atom is -0.394 e. The quantitative estimate of drug-likeness (QED) is 0.278. The summed E-state index contributed by atoms with van der Waals surface area (Å²) in [6.07, 6.45) is 3.56.